The van der Waals surface area contributed by atoms with E-state index in [1.165, 1.54) is 6.92 Å². The average molecular weight is 574 g/mol. The Bertz CT molecular complexity index is 1480. The highest BCUT2D eigenvalue weighted by molar-refractivity contribution is 5.90. The Morgan fingerprint density at radius 3 is 2.36 bits per heavy atom. The van der Waals surface area contributed by atoms with Gasteiger partial charge in [0, 0.05) is 31.1 Å². The van der Waals surface area contributed by atoms with Gasteiger partial charge in [-0.25, -0.2) is 0 Å². The number of ether oxygens (including phenoxy) is 3. The molecule has 0 saturated heterocycles. The van der Waals surface area contributed by atoms with E-state index in [0.29, 0.717) is 48.7 Å². The third-order valence-corrected chi connectivity index (χ3v) is 7.37. The van der Waals surface area contributed by atoms with Crippen LogP contribution >= 0.6 is 0 Å². The number of rotatable bonds is 12. The minimum atomic E-state index is -0.360. The fraction of sp³-hybridized carbons (Fsp3) is 0.364. The lowest BCUT2D eigenvalue weighted by atomic mass is 9.95. The summed E-state index contributed by atoms with van der Waals surface area (Å²) in [7, 11) is 4.71. The van der Waals surface area contributed by atoms with E-state index >= 15 is 0 Å². The average Bonchev–Trinajstić information content (AvgIpc) is 3.22. The Hall–Kier alpha value is -4.53. The van der Waals surface area contributed by atoms with Gasteiger partial charge >= 0.3 is 0 Å². The van der Waals surface area contributed by atoms with Crippen molar-refractivity contribution in [3.63, 3.8) is 0 Å². The minimum absolute atomic E-state index is 0.00808. The maximum Gasteiger partial charge on any atom is 0.224 e. The van der Waals surface area contributed by atoms with E-state index in [9.17, 15) is 14.4 Å². The van der Waals surface area contributed by atoms with Crippen LogP contribution in [-0.2, 0) is 16.0 Å². The molecule has 1 atom stereocenters. The lowest BCUT2D eigenvalue weighted by Crippen LogP contribution is -2.26. The Kier molecular flexibility index (Phi) is 10.4. The third kappa shape index (κ3) is 7.21. The van der Waals surface area contributed by atoms with E-state index in [1.807, 2.05) is 42.5 Å². The van der Waals surface area contributed by atoms with Gasteiger partial charge < -0.3 is 30.2 Å². The number of amides is 2. The number of carbonyl (C=O) groups excluding carboxylic acids is 2. The normalized spacial score (nSPS) is 13.6. The number of benzene rings is 2. The molecule has 0 aromatic heterocycles. The number of nitrogens with one attached hydrogen (secondary N) is 3. The van der Waals surface area contributed by atoms with E-state index in [2.05, 4.69) is 16.0 Å². The van der Waals surface area contributed by atoms with Crippen LogP contribution in [0, 0.1) is 0 Å². The molecule has 222 valence electrons. The Labute approximate surface area is 246 Å². The molecule has 9 heteroatoms. The molecule has 42 heavy (non-hydrogen) atoms. The van der Waals surface area contributed by atoms with Gasteiger partial charge in [-0.05, 0) is 72.7 Å². The number of unbranched alkanes of at least 4 members (excludes halogenated alkanes) is 2. The molecule has 3 aromatic carbocycles. The largest absolute Gasteiger partial charge is 0.493 e. The summed E-state index contributed by atoms with van der Waals surface area (Å²) in [6, 6.07) is 16.3. The fourth-order valence-corrected chi connectivity index (χ4v) is 5.41. The third-order valence-electron chi connectivity index (χ3n) is 7.37. The number of carbonyl (C=O) groups is 2. The number of methoxy groups -OCH3 is 3. The van der Waals surface area contributed by atoms with Gasteiger partial charge in [-0.1, -0.05) is 30.7 Å². The highest BCUT2D eigenvalue weighted by Gasteiger charge is 2.29. The highest BCUT2D eigenvalue weighted by Crippen LogP contribution is 2.50. The second-order valence-electron chi connectivity index (χ2n) is 10.2. The van der Waals surface area contributed by atoms with Gasteiger partial charge in [0.2, 0.25) is 23.0 Å². The summed E-state index contributed by atoms with van der Waals surface area (Å²) in [6.07, 6.45) is 4.07. The van der Waals surface area contributed by atoms with Crippen molar-refractivity contribution in [2.24, 2.45) is 0 Å². The van der Waals surface area contributed by atoms with Crippen molar-refractivity contribution in [1.29, 1.82) is 0 Å². The van der Waals surface area contributed by atoms with Gasteiger partial charge in [0.15, 0.2) is 11.5 Å². The molecule has 3 N–H and O–H groups in total. The van der Waals surface area contributed by atoms with Crippen LogP contribution in [0.2, 0.25) is 0 Å². The molecule has 0 fully saturated rings. The molecule has 3 aromatic rings. The second-order valence-corrected chi connectivity index (χ2v) is 10.2. The van der Waals surface area contributed by atoms with E-state index in [-0.39, 0.29) is 23.3 Å². The predicted octanol–water partition coefficient (Wildman–Crippen LogP) is 5.47. The van der Waals surface area contributed by atoms with Crippen molar-refractivity contribution in [2.75, 3.05) is 38.5 Å². The molecule has 9 nitrogen and oxygen atoms in total. The van der Waals surface area contributed by atoms with Crippen LogP contribution < -0.4 is 35.6 Å². The molecular weight excluding hydrogens is 534 g/mol. The molecule has 0 radical (unpaired) electrons. The molecule has 0 bridgehead atoms. The monoisotopic (exact) mass is 573 g/mol. The number of anilines is 2. The first-order chi connectivity index (χ1) is 20.4. The molecule has 4 rings (SSSR count). The predicted molar refractivity (Wildman–Crippen MR) is 165 cm³/mol. The summed E-state index contributed by atoms with van der Waals surface area (Å²) >= 11 is 0. The topological polar surface area (TPSA) is 115 Å². The molecule has 0 saturated carbocycles. The Morgan fingerprint density at radius 1 is 0.905 bits per heavy atom. The molecule has 1 aliphatic rings. The van der Waals surface area contributed by atoms with Gasteiger partial charge in [-0.2, -0.15) is 0 Å². The summed E-state index contributed by atoms with van der Waals surface area (Å²) in [5.41, 5.74) is 4.38. The van der Waals surface area contributed by atoms with Crippen molar-refractivity contribution in [3.8, 4) is 28.4 Å². The van der Waals surface area contributed by atoms with Crippen molar-refractivity contribution in [1.82, 2.24) is 5.32 Å². The number of aryl methyl sites for hydroxylation is 1. The maximum absolute atomic E-state index is 13.4. The minimum Gasteiger partial charge on any atom is -0.493 e. The van der Waals surface area contributed by atoms with Crippen molar-refractivity contribution in [3.05, 3.63) is 75.9 Å². The lowest BCUT2D eigenvalue weighted by molar-refractivity contribution is -0.119. The van der Waals surface area contributed by atoms with Gasteiger partial charge in [0.25, 0.3) is 0 Å². The zero-order valence-corrected chi connectivity index (χ0v) is 24.7. The van der Waals surface area contributed by atoms with Crippen LogP contribution in [0.15, 0.2) is 59.4 Å². The van der Waals surface area contributed by atoms with Crippen molar-refractivity contribution < 1.29 is 23.8 Å². The van der Waals surface area contributed by atoms with Gasteiger partial charge in [0.1, 0.15) is 0 Å². The highest BCUT2D eigenvalue weighted by atomic mass is 16.5. The number of para-hydroxylation sites is 1. The Morgan fingerprint density at radius 2 is 1.67 bits per heavy atom. The zero-order valence-electron chi connectivity index (χ0n) is 24.7. The summed E-state index contributed by atoms with van der Waals surface area (Å²) in [5, 5.41) is 9.20. The van der Waals surface area contributed by atoms with Crippen LogP contribution in [0.4, 0.5) is 11.4 Å². The maximum atomic E-state index is 13.4. The van der Waals surface area contributed by atoms with Crippen LogP contribution in [0.3, 0.4) is 0 Å². The van der Waals surface area contributed by atoms with Gasteiger partial charge in [-0.3, -0.25) is 14.4 Å². The summed E-state index contributed by atoms with van der Waals surface area (Å²) in [6.45, 7) is 2.06. The van der Waals surface area contributed by atoms with Crippen LogP contribution in [0.5, 0.6) is 17.2 Å². The summed E-state index contributed by atoms with van der Waals surface area (Å²) in [5.74, 6) is 1.35. The van der Waals surface area contributed by atoms with Gasteiger partial charge in [0.05, 0.1) is 33.1 Å². The molecular formula is C33H39N3O6. The van der Waals surface area contributed by atoms with E-state index < -0.39 is 0 Å². The smallest absolute Gasteiger partial charge is 0.224 e. The SMILES string of the molecule is COc1cc2c(c(OC)c1OC)-c1ccc(NCCCCCC(=O)Nc3ccccc3)c(=O)cc1[C@@H](NC(C)=O)CC2. The molecule has 2 amide bonds. The summed E-state index contributed by atoms with van der Waals surface area (Å²) in [4.78, 5) is 37.7. The number of hydrogen-bond acceptors (Lipinski definition) is 7. The van der Waals surface area contributed by atoms with Crippen LogP contribution in [0.1, 0.15) is 56.2 Å². The standard InChI is InChI=1S/C33H39N3O6/c1-21(37)35-26-16-14-22-19-29(40-2)32(41-3)33(42-4)31(22)24-15-17-27(28(38)20-25(24)26)34-18-10-6-9-13-30(39)36-23-11-7-5-8-12-23/h5,7-8,11-12,15,17,19-20,26H,6,9-10,13-14,16,18H2,1-4H3,(H,34,38)(H,35,37)(H,36,39)/t26-/m0/s1. The number of fused-ring (bicyclic) bond motifs is 3. The first-order valence-corrected chi connectivity index (χ1v) is 14.2. The van der Waals surface area contributed by atoms with E-state index in [0.717, 1.165) is 47.2 Å². The van der Waals surface area contributed by atoms with Crippen molar-refractivity contribution >= 4 is 23.2 Å². The first-order valence-electron chi connectivity index (χ1n) is 14.2. The molecule has 0 spiro atoms. The van der Waals surface area contributed by atoms with E-state index in [4.69, 9.17) is 14.2 Å². The molecule has 1 aliphatic carbocycles. The van der Waals surface area contributed by atoms with Gasteiger partial charge in [-0.15, -0.1) is 0 Å². The number of hydrogen-bond donors (Lipinski definition) is 3. The molecule has 0 unspecified atom stereocenters. The fourth-order valence-electron chi connectivity index (χ4n) is 5.41. The van der Waals surface area contributed by atoms with E-state index in [1.54, 1.807) is 33.5 Å². The first kappa shape index (κ1) is 30.4. The molecule has 0 aliphatic heterocycles. The van der Waals surface area contributed by atoms with Crippen LogP contribution in [0.25, 0.3) is 11.1 Å². The Balaban J connectivity index is 1.53. The van der Waals surface area contributed by atoms with Crippen LogP contribution in [-0.4, -0.2) is 39.7 Å². The zero-order chi connectivity index (χ0) is 30.1. The summed E-state index contributed by atoms with van der Waals surface area (Å²) < 4.78 is 17.1. The van der Waals surface area contributed by atoms with Crippen molar-refractivity contribution in [2.45, 2.75) is 51.5 Å². The molecule has 0 heterocycles. The lowest BCUT2D eigenvalue weighted by Gasteiger charge is -2.19. The quantitative estimate of drug-likeness (QED) is 0.246. The second kappa shape index (κ2) is 14.4.